The van der Waals surface area contributed by atoms with E-state index in [1.807, 2.05) is 13.0 Å². The van der Waals surface area contributed by atoms with Gasteiger partial charge in [0.15, 0.2) is 0 Å². The number of nitrogens with one attached hydrogen (secondary N) is 2. The van der Waals surface area contributed by atoms with E-state index >= 15 is 0 Å². The fraction of sp³-hybridized carbons (Fsp3) is 0.429. The van der Waals surface area contributed by atoms with E-state index in [-0.39, 0.29) is 5.54 Å². The summed E-state index contributed by atoms with van der Waals surface area (Å²) in [5.41, 5.74) is 1.38. The fourth-order valence-corrected chi connectivity index (χ4v) is 2.46. The normalized spacial score (nSPS) is 11.8. The lowest BCUT2D eigenvalue weighted by molar-refractivity contribution is 0.422. The molecular weight excluding hydrogens is 256 g/mol. The zero-order chi connectivity index (χ0) is 13.9. The Morgan fingerprint density at radius 3 is 2.63 bits per heavy atom. The molecule has 0 bridgehead atoms. The predicted molar refractivity (Wildman–Crippen MR) is 78.3 cm³/mol. The highest BCUT2D eigenvalue weighted by molar-refractivity contribution is 7.99. The molecule has 0 fully saturated rings. The van der Waals surface area contributed by atoms with Crippen LogP contribution >= 0.6 is 11.8 Å². The standard InChI is InChI=1S/C14H20N4S/c1-10-16-13(18-17-10)19-12-8-6-5-7-11(12)9-15-14(2,3)4/h5-8,15H,9H2,1-4H3,(H,16,17,18). The molecule has 0 amide bonds. The third kappa shape index (κ3) is 4.36. The Labute approximate surface area is 118 Å². The molecule has 5 heteroatoms. The van der Waals surface area contributed by atoms with Crippen LogP contribution in [-0.4, -0.2) is 20.7 Å². The zero-order valence-electron chi connectivity index (χ0n) is 11.8. The lowest BCUT2D eigenvalue weighted by Gasteiger charge is -2.21. The van der Waals surface area contributed by atoms with Crippen molar-refractivity contribution in [1.82, 2.24) is 20.5 Å². The number of aromatic nitrogens is 3. The van der Waals surface area contributed by atoms with Gasteiger partial charge in [-0.15, -0.1) is 5.10 Å². The minimum atomic E-state index is 0.110. The molecule has 0 saturated carbocycles. The molecule has 1 aromatic carbocycles. The quantitative estimate of drug-likeness (QED) is 0.900. The summed E-state index contributed by atoms with van der Waals surface area (Å²) in [5, 5.41) is 11.3. The largest absolute Gasteiger partial charge is 0.308 e. The van der Waals surface area contributed by atoms with Crippen LogP contribution in [0.2, 0.25) is 0 Å². The van der Waals surface area contributed by atoms with E-state index < -0.39 is 0 Å². The van der Waals surface area contributed by atoms with Crippen LogP contribution in [0.4, 0.5) is 0 Å². The number of rotatable bonds is 4. The Kier molecular flexibility index (Phi) is 4.27. The van der Waals surface area contributed by atoms with Gasteiger partial charge in [-0.3, -0.25) is 5.10 Å². The Morgan fingerprint density at radius 1 is 1.26 bits per heavy atom. The second-order valence-corrected chi connectivity index (χ2v) is 6.53. The van der Waals surface area contributed by atoms with E-state index in [2.05, 4.69) is 59.5 Å². The monoisotopic (exact) mass is 276 g/mol. The number of hydrogen-bond donors (Lipinski definition) is 2. The first-order valence-electron chi connectivity index (χ1n) is 6.34. The van der Waals surface area contributed by atoms with Gasteiger partial charge in [0, 0.05) is 17.0 Å². The maximum Gasteiger partial charge on any atom is 0.213 e. The molecular formula is C14H20N4S. The second kappa shape index (κ2) is 5.75. The summed E-state index contributed by atoms with van der Waals surface area (Å²) in [5.74, 6) is 0.841. The number of hydrogen-bond acceptors (Lipinski definition) is 4. The summed E-state index contributed by atoms with van der Waals surface area (Å²) in [7, 11) is 0. The number of benzene rings is 1. The van der Waals surface area contributed by atoms with E-state index in [0.29, 0.717) is 0 Å². The van der Waals surface area contributed by atoms with E-state index in [0.717, 1.165) is 17.5 Å². The van der Waals surface area contributed by atoms with Crippen molar-refractivity contribution in [3.8, 4) is 0 Å². The van der Waals surface area contributed by atoms with Crippen molar-refractivity contribution in [3.63, 3.8) is 0 Å². The van der Waals surface area contributed by atoms with Gasteiger partial charge < -0.3 is 5.32 Å². The first-order chi connectivity index (χ1) is 8.94. The topological polar surface area (TPSA) is 53.6 Å². The number of nitrogens with zero attached hydrogens (tertiary/aromatic N) is 2. The highest BCUT2D eigenvalue weighted by atomic mass is 32.2. The molecule has 19 heavy (non-hydrogen) atoms. The van der Waals surface area contributed by atoms with Crippen molar-refractivity contribution in [2.75, 3.05) is 0 Å². The Hall–Kier alpha value is -1.33. The Balaban J connectivity index is 2.12. The minimum Gasteiger partial charge on any atom is -0.308 e. The average Bonchev–Trinajstić information content (AvgIpc) is 2.73. The summed E-state index contributed by atoms with van der Waals surface area (Å²) in [6, 6.07) is 8.35. The molecule has 0 spiro atoms. The van der Waals surface area contributed by atoms with Crippen molar-refractivity contribution in [2.45, 2.75) is 49.8 Å². The van der Waals surface area contributed by atoms with E-state index in [4.69, 9.17) is 0 Å². The van der Waals surface area contributed by atoms with Gasteiger partial charge in [-0.05, 0) is 51.1 Å². The third-order valence-electron chi connectivity index (χ3n) is 2.56. The summed E-state index contributed by atoms with van der Waals surface area (Å²) in [6.07, 6.45) is 0. The van der Waals surface area contributed by atoms with Crippen LogP contribution in [0.5, 0.6) is 0 Å². The summed E-state index contributed by atoms with van der Waals surface area (Å²) < 4.78 is 0. The van der Waals surface area contributed by atoms with Crippen LogP contribution < -0.4 is 5.32 Å². The number of H-pyrrole nitrogens is 1. The van der Waals surface area contributed by atoms with Crippen molar-refractivity contribution in [2.24, 2.45) is 0 Å². The summed E-state index contributed by atoms with van der Waals surface area (Å²) >= 11 is 1.59. The van der Waals surface area contributed by atoms with Crippen LogP contribution in [0.3, 0.4) is 0 Å². The Bertz CT molecular complexity index is 542. The van der Waals surface area contributed by atoms with Crippen molar-refractivity contribution in [1.29, 1.82) is 0 Å². The van der Waals surface area contributed by atoms with E-state index in [1.54, 1.807) is 11.8 Å². The van der Waals surface area contributed by atoms with E-state index in [9.17, 15) is 0 Å². The SMILES string of the molecule is Cc1nc(Sc2ccccc2CNC(C)(C)C)n[nH]1. The molecule has 1 heterocycles. The highest BCUT2D eigenvalue weighted by Crippen LogP contribution is 2.28. The van der Waals surface area contributed by atoms with Crippen LogP contribution in [0.25, 0.3) is 0 Å². The number of aryl methyl sites for hydroxylation is 1. The highest BCUT2D eigenvalue weighted by Gasteiger charge is 2.11. The average molecular weight is 276 g/mol. The molecule has 0 aliphatic heterocycles. The second-order valence-electron chi connectivity index (χ2n) is 5.52. The van der Waals surface area contributed by atoms with E-state index in [1.165, 1.54) is 10.5 Å². The van der Waals surface area contributed by atoms with Crippen molar-refractivity contribution in [3.05, 3.63) is 35.7 Å². The summed E-state index contributed by atoms with van der Waals surface area (Å²) in [4.78, 5) is 5.52. The van der Waals surface area contributed by atoms with Gasteiger partial charge in [0.25, 0.3) is 0 Å². The van der Waals surface area contributed by atoms with Crippen LogP contribution in [0, 0.1) is 6.92 Å². The molecule has 0 atom stereocenters. The first kappa shape index (κ1) is 14.1. The molecule has 0 saturated heterocycles. The molecule has 2 aromatic rings. The van der Waals surface area contributed by atoms with Gasteiger partial charge >= 0.3 is 0 Å². The molecule has 102 valence electrons. The van der Waals surface area contributed by atoms with Crippen LogP contribution in [0.1, 0.15) is 32.2 Å². The van der Waals surface area contributed by atoms with Gasteiger partial charge in [0.1, 0.15) is 5.82 Å². The molecule has 0 unspecified atom stereocenters. The smallest absolute Gasteiger partial charge is 0.213 e. The van der Waals surface area contributed by atoms with Crippen molar-refractivity contribution < 1.29 is 0 Å². The maximum absolute atomic E-state index is 4.33. The van der Waals surface area contributed by atoms with Crippen LogP contribution in [-0.2, 0) is 6.54 Å². The third-order valence-corrected chi connectivity index (χ3v) is 3.54. The fourth-order valence-electron chi connectivity index (χ4n) is 1.58. The van der Waals surface area contributed by atoms with Gasteiger partial charge in [0.2, 0.25) is 5.16 Å². The van der Waals surface area contributed by atoms with Gasteiger partial charge in [-0.1, -0.05) is 18.2 Å². The lowest BCUT2D eigenvalue weighted by atomic mass is 10.1. The molecule has 1 aromatic heterocycles. The zero-order valence-corrected chi connectivity index (χ0v) is 12.6. The van der Waals surface area contributed by atoms with Crippen LogP contribution in [0.15, 0.2) is 34.3 Å². The molecule has 4 nitrogen and oxygen atoms in total. The predicted octanol–water partition coefficient (Wildman–Crippen LogP) is 3.15. The van der Waals surface area contributed by atoms with Crippen molar-refractivity contribution >= 4 is 11.8 Å². The molecule has 0 aliphatic carbocycles. The molecule has 0 aliphatic rings. The Morgan fingerprint density at radius 2 is 2.00 bits per heavy atom. The van der Waals surface area contributed by atoms with Gasteiger partial charge in [-0.2, -0.15) is 0 Å². The molecule has 2 N–H and O–H groups in total. The maximum atomic E-state index is 4.33. The molecule has 2 rings (SSSR count). The molecule has 0 radical (unpaired) electrons. The lowest BCUT2D eigenvalue weighted by Crippen LogP contribution is -2.35. The first-order valence-corrected chi connectivity index (χ1v) is 7.15. The van der Waals surface area contributed by atoms with Gasteiger partial charge in [-0.25, -0.2) is 4.98 Å². The number of aromatic amines is 1. The minimum absolute atomic E-state index is 0.110. The van der Waals surface area contributed by atoms with Gasteiger partial charge in [0.05, 0.1) is 0 Å². The summed E-state index contributed by atoms with van der Waals surface area (Å²) in [6.45, 7) is 9.25.